The zero-order valence-corrected chi connectivity index (χ0v) is 12.1. The van der Waals surface area contributed by atoms with Gasteiger partial charge in [0.1, 0.15) is 0 Å². The quantitative estimate of drug-likeness (QED) is 0.835. The van der Waals surface area contributed by atoms with Gasteiger partial charge in [0.05, 0.1) is 18.6 Å². The van der Waals surface area contributed by atoms with E-state index in [0.29, 0.717) is 24.8 Å². The Balaban J connectivity index is 1.66. The number of piperidine rings is 1. The molecule has 6 heteroatoms. The second-order valence-corrected chi connectivity index (χ2v) is 5.93. The zero-order chi connectivity index (χ0) is 14.9. The van der Waals surface area contributed by atoms with Crippen LogP contribution in [0.15, 0.2) is 4.52 Å². The molecule has 1 aliphatic heterocycles. The minimum Gasteiger partial charge on any atom is -0.388 e. The Hall–Kier alpha value is -1.87. The van der Waals surface area contributed by atoms with E-state index in [1.165, 1.54) is 0 Å². The molecular formula is C15H19N3O3. The zero-order valence-electron chi connectivity index (χ0n) is 12.1. The maximum atomic E-state index is 11.8. The summed E-state index contributed by atoms with van der Waals surface area (Å²) < 4.78 is 5.22. The minimum atomic E-state index is -1.00. The highest BCUT2D eigenvalue weighted by molar-refractivity contribution is 5.93. The lowest BCUT2D eigenvalue weighted by molar-refractivity contribution is -0.132. The molecule has 1 saturated carbocycles. The fraction of sp³-hybridized carbons (Fsp3) is 0.667. The fourth-order valence-electron chi connectivity index (χ4n) is 2.74. The molecule has 1 N–H and O–H groups in total. The Labute approximate surface area is 123 Å². The van der Waals surface area contributed by atoms with Crippen LogP contribution in [-0.4, -0.2) is 44.7 Å². The molecule has 1 unspecified atom stereocenters. The van der Waals surface area contributed by atoms with E-state index in [4.69, 9.17) is 4.52 Å². The summed E-state index contributed by atoms with van der Waals surface area (Å²) in [6.07, 6.45) is 3.88. The third-order valence-corrected chi connectivity index (χ3v) is 3.98. The smallest absolute Gasteiger partial charge is 0.298 e. The molecule has 2 fully saturated rings. The van der Waals surface area contributed by atoms with Gasteiger partial charge in [0, 0.05) is 12.5 Å². The molecule has 0 radical (unpaired) electrons. The number of amides is 1. The largest absolute Gasteiger partial charge is 0.388 e. The Morgan fingerprint density at radius 3 is 3.10 bits per heavy atom. The van der Waals surface area contributed by atoms with E-state index < -0.39 is 5.60 Å². The lowest BCUT2D eigenvalue weighted by Crippen LogP contribution is -2.51. The number of hydrogen-bond donors (Lipinski definition) is 1. The van der Waals surface area contributed by atoms with E-state index in [0.717, 1.165) is 25.1 Å². The molecule has 1 amide bonds. The van der Waals surface area contributed by atoms with Crippen LogP contribution in [0.25, 0.3) is 0 Å². The summed E-state index contributed by atoms with van der Waals surface area (Å²) in [6, 6.07) is 0. The van der Waals surface area contributed by atoms with Crippen LogP contribution in [0.4, 0.5) is 0 Å². The molecule has 1 aliphatic carbocycles. The molecule has 1 saturated heterocycles. The first-order chi connectivity index (χ1) is 10.1. The van der Waals surface area contributed by atoms with Gasteiger partial charge >= 0.3 is 0 Å². The van der Waals surface area contributed by atoms with Crippen molar-refractivity contribution in [3.8, 4) is 11.8 Å². The average Bonchev–Trinajstić information content (AvgIpc) is 3.20. The second-order valence-electron chi connectivity index (χ2n) is 5.93. The van der Waals surface area contributed by atoms with Gasteiger partial charge in [-0.15, -0.1) is 0 Å². The normalized spacial score (nSPS) is 25.3. The van der Waals surface area contributed by atoms with Gasteiger partial charge in [-0.25, -0.2) is 0 Å². The molecule has 21 heavy (non-hydrogen) atoms. The lowest BCUT2D eigenvalue weighted by Gasteiger charge is -2.37. The van der Waals surface area contributed by atoms with Gasteiger partial charge in [-0.2, -0.15) is 4.98 Å². The molecule has 3 rings (SSSR count). The number of likely N-dealkylation sites (tertiary alicyclic amines) is 1. The third-order valence-electron chi connectivity index (χ3n) is 3.98. The van der Waals surface area contributed by atoms with Crippen LogP contribution in [0, 0.1) is 11.8 Å². The van der Waals surface area contributed by atoms with Gasteiger partial charge in [0.15, 0.2) is 5.82 Å². The van der Waals surface area contributed by atoms with Crippen LogP contribution in [0.3, 0.4) is 0 Å². The van der Waals surface area contributed by atoms with Crippen LogP contribution in [0.5, 0.6) is 0 Å². The summed E-state index contributed by atoms with van der Waals surface area (Å²) >= 11 is 0. The SMILES string of the molecule is CC#CC(=O)N1CCCC(O)(Cc2nc(C3CC3)no2)C1. The first kappa shape index (κ1) is 14.1. The van der Waals surface area contributed by atoms with Crippen molar-refractivity contribution in [2.45, 2.75) is 50.5 Å². The van der Waals surface area contributed by atoms with E-state index >= 15 is 0 Å². The summed E-state index contributed by atoms with van der Waals surface area (Å²) in [4.78, 5) is 17.8. The first-order valence-electron chi connectivity index (χ1n) is 7.36. The van der Waals surface area contributed by atoms with E-state index in [1.807, 2.05) is 0 Å². The van der Waals surface area contributed by atoms with Crippen molar-refractivity contribution in [2.24, 2.45) is 0 Å². The van der Waals surface area contributed by atoms with Crippen molar-refractivity contribution < 1.29 is 14.4 Å². The summed E-state index contributed by atoms with van der Waals surface area (Å²) in [7, 11) is 0. The van der Waals surface area contributed by atoms with E-state index in [2.05, 4.69) is 22.0 Å². The van der Waals surface area contributed by atoms with Crippen molar-refractivity contribution in [1.29, 1.82) is 0 Å². The van der Waals surface area contributed by atoms with Crippen LogP contribution >= 0.6 is 0 Å². The number of nitrogens with zero attached hydrogens (tertiary/aromatic N) is 3. The van der Waals surface area contributed by atoms with Crippen molar-refractivity contribution in [1.82, 2.24) is 15.0 Å². The number of aliphatic hydroxyl groups is 1. The summed E-state index contributed by atoms with van der Waals surface area (Å²) in [5.41, 5.74) is -1.00. The molecule has 1 atom stereocenters. The number of hydrogen-bond acceptors (Lipinski definition) is 5. The van der Waals surface area contributed by atoms with Crippen LogP contribution in [0.1, 0.15) is 50.2 Å². The van der Waals surface area contributed by atoms with Crippen molar-refractivity contribution >= 4 is 5.91 Å². The Morgan fingerprint density at radius 2 is 2.38 bits per heavy atom. The fourth-order valence-corrected chi connectivity index (χ4v) is 2.74. The summed E-state index contributed by atoms with van der Waals surface area (Å²) in [6.45, 7) is 2.53. The minimum absolute atomic E-state index is 0.236. The molecular weight excluding hydrogens is 270 g/mol. The highest BCUT2D eigenvalue weighted by atomic mass is 16.5. The molecule has 0 bridgehead atoms. The molecule has 0 spiro atoms. The van der Waals surface area contributed by atoms with E-state index in [-0.39, 0.29) is 18.9 Å². The van der Waals surface area contributed by atoms with Gasteiger partial charge in [-0.05, 0) is 38.5 Å². The predicted octanol–water partition coefficient (Wildman–Crippen LogP) is 0.866. The highest BCUT2D eigenvalue weighted by Gasteiger charge is 2.37. The molecule has 2 heterocycles. The Bertz CT molecular complexity index is 597. The first-order valence-corrected chi connectivity index (χ1v) is 7.36. The molecule has 6 nitrogen and oxygen atoms in total. The Kier molecular flexibility index (Phi) is 3.68. The molecule has 2 aliphatic rings. The summed E-state index contributed by atoms with van der Waals surface area (Å²) in [5, 5.41) is 14.7. The lowest BCUT2D eigenvalue weighted by atomic mass is 9.89. The summed E-state index contributed by atoms with van der Waals surface area (Å²) in [5.74, 6) is 6.51. The predicted molar refractivity (Wildman–Crippen MR) is 74.2 cm³/mol. The van der Waals surface area contributed by atoms with Gasteiger partial charge < -0.3 is 14.5 Å². The maximum absolute atomic E-state index is 11.8. The van der Waals surface area contributed by atoms with Crippen LogP contribution < -0.4 is 0 Å². The second kappa shape index (κ2) is 5.49. The highest BCUT2D eigenvalue weighted by Crippen LogP contribution is 2.38. The van der Waals surface area contributed by atoms with E-state index in [1.54, 1.807) is 11.8 Å². The van der Waals surface area contributed by atoms with Gasteiger partial charge in [0.25, 0.3) is 5.91 Å². The topological polar surface area (TPSA) is 79.5 Å². The number of aromatic nitrogens is 2. The standard InChI is InChI=1S/C15H19N3O3/c1-2-4-13(19)18-8-3-7-15(20,10-18)9-12-16-14(17-21-12)11-5-6-11/h11,20H,3,5-10H2,1H3. The molecule has 112 valence electrons. The van der Waals surface area contributed by atoms with Gasteiger partial charge in [-0.3, -0.25) is 4.79 Å². The third kappa shape index (κ3) is 3.24. The van der Waals surface area contributed by atoms with Crippen molar-refractivity contribution in [3.05, 3.63) is 11.7 Å². The molecule has 1 aromatic rings. The van der Waals surface area contributed by atoms with Crippen LogP contribution in [-0.2, 0) is 11.2 Å². The maximum Gasteiger partial charge on any atom is 0.298 e. The van der Waals surface area contributed by atoms with Gasteiger partial charge in [-0.1, -0.05) is 11.1 Å². The monoisotopic (exact) mass is 289 g/mol. The van der Waals surface area contributed by atoms with Crippen molar-refractivity contribution in [3.63, 3.8) is 0 Å². The molecule has 0 aromatic carbocycles. The van der Waals surface area contributed by atoms with Crippen molar-refractivity contribution in [2.75, 3.05) is 13.1 Å². The van der Waals surface area contributed by atoms with Crippen LogP contribution in [0.2, 0.25) is 0 Å². The Morgan fingerprint density at radius 1 is 1.57 bits per heavy atom. The number of β-amino-alcohol motifs (C(OH)–C–C–N with tert-alkyl or cyclic N) is 1. The molecule has 1 aromatic heterocycles. The average molecular weight is 289 g/mol. The number of rotatable bonds is 3. The number of carbonyl (C=O) groups is 1. The number of carbonyl (C=O) groups excluding carboxylic acids is 1. The van der Waals surface area contributed by atoms with E-state index in [9.17, 15) is 9.90 Å². The van der Waals surface area contributed by atoms with Gasteiger partial charge in [0.2, 0.25) is 5.89 Å².